The molecule has 0 fully saturated rings. The molecule has 4 nitrogen and oxygen atoms in total. The highest BCUT2D eigenvalue weighted by atomic mass is 16.3. The van der Waals surface area contributed by atoms with Crippen LogP contribution in [0.1, 0.15) is 31.9 Å². The van der Waals surface area contributed by atoms with E-state index in [0.29, 0.717) is 6.54 Å². The highest BCUT2D eigenvalue weighted by Gasteiger charge is 2.12. The van der Waals surface area contributed by atoms with Crippen LogP contribution in [0.2, 0.25) is 0 Å². The first-order valence-electron chi connectivity index (χ1n) is 5.65. The Morgan fingerprint density at radius 2 is 1.94 bits per heavy atom. The summed E-state index contributed by atoms with van der Waals surface area (Å²) in [6, 6.07) is 7.31. The van der Waals surface area contributed by atoms with Crippen molar-refractivity contribution in [3.05, 3.63) is 35.4 Å². The maximum Gasteiger partial charge on any atom is 0.315 e. The van der Waals surface area contributed by atoms with Crippen molar-refractivity contribution in [2.24, 2.45) is 0 Å². The molecule has 17 heavy (non-hydrogen) atoms. The van der Waals surface area contributed by atoms with Gasteiger partial charge in [-0.2, -0.15) is 0 Å². The molecule has 0 aliphatic heterocycles. The van der Waals surface area contributed by atoms with Crippen molar-refractivity contribution in [1.29, 1.82) is 0 Å². The normalized spacial score (nSPS) is 11.1. The standard InChI is InChI=1S/C13H20N2O2/c1-13(2,3)15-12(17)14-8-10-5-4-6-11(7-10)9-16/h4-7,16H,8-9H2,1-3H3,(H2,14,15,17). The molecule has 0 saturated heterocycles. The van der Waals surface area contributed by atoms with Gasteiger partial charge in [0.25, 0.3) is 0 Å². The van der Waals surface area contributed by atoms with Crippen LogP contribution in [0.15, 0.2) is 24.3 Å². The van der Waals surface area contributed by atoms with Gasteiger partial charge in [-0.05, 0) is 31.9 Å². The van der Waals surface area contributed by atoms with Crippen molar-refractivity contribution in [1.82, 2.24) is 10.6 Å². The number of amides is 2. The SMILES string of the molecule is CC(C)(C)NC(=O)NCc1cccc(CO)c1. The molecule has 0 spiro atoms. The van der Waals surface area contributed by atoms with Crippen LogP contribution in [0.4, 0.5) is 4.79 Å². The number of aliphatic hydroxyl groups excluding tert-OH is 1. The summed E-state index contributed by atoms with van der Waals surface area (Å²) in [5.41, 5.74) is 1.58. The lowest BCUT2D eigenvalue weighted by Crippen LogP contribution is -2.46. The van der Waals surface area contributed by atoms with Crippen LogP contribution in [0, 0.1) is 0 Å². The van der Waals surface area contributed by atoms with Crippen molar-refractivity contribution < 1.29 is 9.90 Å². The summed E-state index contributed by atoms with van der Waals surface area (Å²) in [7, 11) is 0. The van der Waals surface area contributed by atoms with Gasteiger partial charge in [-0.1, -0.05) is 24.3 Å². The Labute approximate surface area is 102 Å². The van der Waals surface area contributed by atoms with Gasteiger partial charge < -0.3 is 15.7 Å². The van der Waals surface area contributed by atoms with Gasteiger partial charge >= 0.3 is 6.03 Å². The van der Waals surface area contributed by atoms with Crippen molar-refractivity contribution in [2.45, 2.75) is 39.5 Å². The average Bonchev–Trinajstić information content (AvgIpc) is 2.24. The van der Waals surface area contributed by atoms with Gasteiger partial charge in [0.15, 0.2) is 0 Å². The summed E-state index contributed by atoms with van der Waals surface area (Å²) in [4.78, 5) is 11.5. The van der Waals surface area contributed by atoms with Gasteiger partial charge in [-0.15, -0.1) is 0 Å². The molecule has 4 heteroatoms. The zero-order chi connectivity index (χ0) is 12.9. The summed E-state index contributed by atoms with van der Waals surface area (Å²) in [6.07, 6.45) is 0. The Balaban J connectivity index is 2.47. The third-order valence-electron chi connectivity index (χ3n) is 2.12. The molecule has 0 unspecified atom stereocenters. The van der Waals surface area contributed by atoms with E-state index in [-0.39, 0.29) is 18.2 Å². The average molecular weight is 236 g/mol. The van der Waals surface area contributed by atoms with E-state index in [1.54, 1.807) is 0 Å². The number of aliphatic hydroxyl groups is 1. The van der Waals surface area contributed by atoms with Crippen molar-refractivity contribution >= 4 is 6.03 Å². The maximum absolute atomic E-state index is 11.5. The molecule has 0 heterocycles. The molecule has 0 aliphatic rings. The number of nitrogens with one attached hydrogen (secondary N) is 2. The largest absolute Gasteiger partial charge is 0.392 e. The van der Waals surface area contributed by atoms with E-state index in [2.05, 4.69) is 10.6 Å². The summed E-state index contributed by atoms with van der Waals surface area (Å²) >= 11 is 0. The highest BCUT2D eigenvalue weighted by molar-refractivity contribution is 5.74. The number of urea groups is 1. The van der Waals surface area contributed by atoms with Crippen LogP contribution in [0.3, 0.4) is 0 Å². The first-order valence-corrected chi connectivity index (χ1v) is 5.65. The third kappa shape index (κ3) is 5.36. The summed E-state index contributed by atoms with van der Waals surface area (Å²) < 4.78 is 0. The monoisotopic (exact) mass is 236 g/mol. The fourth-order valence-electron chi connectivity index (χ4n) is 1.41. The molecule has 0 saturated carbocycles. The van der Waals surface area contributed by atoms with Gasteiger partial charge in [-0.25, -0.2) is 4.79 Å². The van der Waals surface area contributed by atoms with E-state index < -0.39 is 0 Å². The number of rotatable bonds is 3. The molecule has 1 aromatic rings. The molecule has 0 radical (unpaired) electrons. The Morgan fingerprint density at radius 1 is 1.29 bits per heavy atom. The second-order valence-electron chi connectivity index (χ2n) is 5.04. The van der Waals surface area contributed by atoms with E-state index in [9.17, 15) is 4.79 Å². The van der Waals surface area contributed by atoms with Crippen molar-refractivity contribution in [3.8, 4) is 0 Å². The first-order chi connectivity index (χ1) is 7.90. The van der Waals surface area contributed by atoms with E-state index >= 15 is 0 Å². The number of carbonyl (C=O) groups excluding carboxylic acids is 1. The predicted molar refractivity (Wildman–Crippen MR) is 67.5 cm³/mol. The predicted octanol–water partition coefficient (Wildman–Crippen LogP) is 1.78. The van der Waals surface area contributed by atoms with Gasteiger partial charge in [0.05, 0.1) is 6.61 Å². The number of benzene rings is 1. The second-order valence-corrected chi connectivity index (χ2v) is 5.04. The van der Waals surface area contributed by atoms with E-state index in [4.69, 9.17) is 5.11 Å². The van der Waals surface area contributed by atoms with Crippen LogP contribution < -0.4 is 10.6 Å². The first kappa shape index (κ1) is 13.5. The maximum atomic E-state index is 11.5. The van der Waals surface area contributed by atoms with Gasteiger partial charge in [-0.3, -0.25) is 0 Å². The van der Waals surface area contributed by atoms with Crippen LogP contribution in [-0.2, 0) is 13.2 Å². The van der Waals surface area contributed by atoms with E-state index in [0.717, 1.165) is 11.1 Å². The van der Waals surface area contributed by atoms with Crippen LogP contribution in [0.5, 0.6) is 0 Å². The zero-order valence-corrected chi connectivity index (χ0v) is 10.6. The molecular weight excluding hydrogens is 216 g/mol. The zero-order valence-electron chi connectivity index (χ0n) is 10.6. The topological polar surface area (TPSA) is 61.4 Å². The minimum absolute atomic E-state index is 0.0159. The molecule has 1 aromatic carbocycles. The molecule has 3 N–H and O–H groups in total. The summed E-state index contributed by atoms with van der Waals surface area (Å²) in [6.45, 7) is 6.26. The molecule has 1 rings (SSSR count). The molecule has 0 aromatic heterocycles. The summed E-state index contributed by atoms with van der Waals surface area (Å²) in [5, 5.41) is 14.6. The quantitative estimate of drug-likeness (QED) is 0.749. The lowest BCUT2D eigenvalue weighted by molar-refractivity contribution is 0.231. The van der Waals surface area contributed by atoms with Gasteiger partial charge in [0, 0.05) is 12.1 Å². The molecule has 0 bridgehead atoms. The Bertz CT molecular complexity index is 383. The van der Waals surface area contributed by atoms with Crippen LogP contribution in [0.25, 0.3) is 0 Å². The minimum Gasteiger partial charge on any atom is -0.392 e. The Kier molecular flexibility index (Phi) is 4.52. The fourth-order valence-corrected chi connectivity index (χ4v) is 1.41. The minimum atomic E-state index is -0.239. The van der Waals surface area contributed by atoms with E-state index in [1.165, 1.54) is 0 Å². The molecular formula is C13H20N2O2. The number of hydrogen-bond donors (Lipinski definition) is 3. The van der Waals surface area contributed by atoms with Crippen molar-refractivity contribution in [2.75, 3.05) is 0 Å². The van der Waals surface area contributed by atoms with Gasteiger partial charge in [0.2, 0.25) is 0 Å². The Hall–Kier alpha value is -1.55. The van der Waals surface area contributed by atoms with E-state index in [1.807, 2.05) is 45.0 Å². The van der Waals surface area contributed by atoms with Crippen molar-refractivity contribution in [3.63, 3.8) is 0 Å². The summed E-state index contributed by atoms with van der Waals surface area (Å²) in [5.74, 6) is 0. The smallest absolute Gasteiger partial charge is 0.315 e. The molecule has 0 atom stereocenters. The third-order valence-corrected chi connectivity index (χ3v) is 2.12. The fraction of sp³-hybridized carbons (Fsp3) is 0.462. The molecule has 94 valence electrons. The lowest BCUT2D eigenvalue weighted by Gasteiger charge is -2.20. The lowest BCUT2D eigenvalue weighted by atomic mass is 10.1. The molecule has 2 amide bonds. The number of carbonyl (C=O) groups is 1. The highest BCUT2D eigenvalue weighted by Crippen LogP contribution is 2.05. The van der Waals surface area contributed by atoms with Crippen LogP contribution >= 0.6 is 0 Å². The van der Waals surface area contributed by atoms with Crippen LogP contribution in [-0.4, -0.2) is 16.7 Å². The Morgan fingerprint density at radius 3 is 2.53 bits per heavy atom. The molecule has 0 aliphatic carbocycles. The number of hydrogen-bond acceptors (Lipinski definition) is 2. The van der Waals surface area contributed by atoms with Gasteiger partial charge in [0.1, 0.15) is 0 Å². The second kappa shape index (κ2) is 5.68.